The molecule has 0 aliphatic carbocycles. The Kier molecular flexibility index (Phi) is 2.30. The van der Waals surface area contributed by atoms with E-state index < -0.39 is 0 Å². The summed E-state index contributed by atoms with van der Waals surface area (Å²) in [5, 5.41) is 8.74. The number of nitrogens with zero attached hydrogens (tertiary/aromatic N) is 5. The molecule has 0 saturated carbocycles. The van der Waals surface area contributed by atoms with Crippen LogP contribution in [0.25, 0.3) is 17.1 Å². The summed E-state index contributed by atoms with van der Waals surface area (Å²) in [4.78, 5) is 4.29. The van der Waals surface area contributed by atoms with Gasteiger partial charge in [-0.05, 0) is 19.1 Å². The molecule has 20 heavy (non-hydrogen) atoms. The molecule has 1 aromatic carbocycles. The maximum Gasteiger partial charge on any atom is 0.166 e. The van der Waals surface area contributed by atoms with Crippen LogP contribution in [0.2, 0.25) is 0 Å². The Labute approximate surface area is 116 Å². The molecular formula is C15H15N5. The van der Waals surface area contributed by atoms with Gasteiger partial charge >= 0.3 is 0 Å². The molecule has 3 heterocycles. The first-order valence-corrected chi connectivity index (χ1v) is 6.82. The third kappa shape index (κ3) is 1.46. The van der Waals surface area contributed by atoms with Crippen molar-refractivity contribution in [3.63, 3.8) is 0 Å². The van der Waals surface area contributed by atoms with Crippen LogP contribution in [-0.2, 0) is 13.0 Å². The molecule has 2 aromatic heterocycles. The average molecular weight is 265 g/mol. The zero-order chi connectivity index (χ0) is 13.7. The van der Waals surface area contributed by atoms with Crippen molar-refractivity contribution in [2.45, 2.75) is 26.8 Å². The van der Waals surface area contributed by atoms with Crippen molar-refractivity contribution >= 4 is 0 Å². The Morgan fingerprint density at radius 2 is 2.15 bits per heavy atom. The van der Waals surface area contributed by atoms with E-state index in [2.05, 4.69) is 56.4 Å². The van der Waals surface area contributed by atoms with E-state index in [1.54, 1.807) is 0 Å². The number of hydrogen-bond acceptors (Lipinski definition) is 3. The number of aryl methyl sites for hydroxylation is 2. The van der Waals surface area contributed by atoms with Gasteiger partial charge in [0, 0.05) is 12.0 Å². The topological polar surface area (TPSA) is 48.5 Å². The highest BCUT2D eigenvalue weighted by Gasteiger charge is 2.22. The van der Waals surface area contributed by atoms with Gasteiger partial charge in [0.25, 0.3) is 0 Å². The zero-order valence-corrected chi connectivity index (χ0v) is 11.5. The number of rotatable bonds is 1. The van der Waals surface area contributed by atoms with Crippen LogP contribution in [0.3, 0.4) is 0 Å². The van der Waals surface area contributed by atoms with Gasteiger partial charge in [0.2, 0.25) is 0 Å². The third-order valence-corrected chi connectivity index (χ3v) is 3.83. The molecule has 0 bridgehead atoms. The summed E-state index contributed by atoms with van der Waals surface area (Å²) in [6.07, 6.45) is 4.66. The maximum atomic E-state index is 4.41. The smallest absolute Gasteiger partial charge is 0.166 e. The van der Waals surface area contributed by atoms with E-state index in [0.29, 0.717) is 0 Å². The van der Waals surface area contributed by atoms with Gasteiger partial charge in [0.15, 0.2) is 5.82 Å². The fourth-order valence-electron chi connectivity index (χ4n) is 2.82. The Bertz CT molecular complexity index is 796. The number of aromatic nitrogens is 5. The molecule has 0 unspecified atom stereocenters. The molecule has 0 atom stereocenters. The molecule has 0 radical (unpaired) electrons. The number of hydrogen-bond donors (Lipinski definition) is 0. The minimum Gasteiger partial charge on any atom is -0.305 e. The fourth-order valence-corrected chi connectivity index (χ4v) is 2.82. The van der Waals surface area contributed by atoms with Crippen LogP contribution in [0.4, 0.5) is 0 Å². The Morgan fingerprint density at radius 3 is 3.00 bits per heavy atom. The van der Waals surface area contributed by atoms with Crippen LogP contribution in [0, 0.1) is 6.92 Å². The first kappa shape index (κ1) is 11.4. The summed E-state index contributed by atoms with van der Waals surface area (Å²) in [6.45, 7) is 4.97. The number of imidazole rings is 1. The van der Waals surface area contributed by atoms with Crippen LogP contribution < -0.4 is 0 Å². The lowest BCUT2D eigenvalue weighted by molar-refractivity contribution is 0.719. The SMILES string of the molecule is CCc1nnc2n1Cc1cncn1-c1ccc(C)cc1-2. The maximum absolute atomic E-state index is 4.41. The summed E-state index contributed by atoms with van der Waals surface area (Å²) in [6, 6.07) is 6.42. The standard InChI is InChI=1S/C15H15N5/c1-3-14-17-18-15-12-6-10(2)4-5-13(12)20-9-16-7-11(20)8-19(14)15/h4-7,9H,3,8H2,1-2H3. The molecule has 0 N–H and O–H groups in total. The highest BCUT2D eigenvalue weighted by Crippen LogP contribution is 2.31. The van der Waals surface area contributed by atoms with Gasteiger partial charge < -0.3 is 9.13 Å². The minimum atomic E-state index is 0.763. The Morgan fingerprint density at radius 1 is 1.25 bits per heavy atom. The van der Waals surface area contributed by atoms with Crippen LogP contribution in [-0.4, -0.2) is 24.3 Å². The molecule has 0 amide bonds. The van der Waals surface area contributed by atoms with Gasteiger partial charge in [-0.15, -0.1) is 10.2 Å². The fraction of sp³-hybridized carbons (Fsp3) is 0.267. The largest absolute Gasteiger partial charge is 0.305 e. The third-order valence-electron chi connectivity index (χ3n) is 3.83. The predicted molar refractivity (Wildman–Crippen MR) is 75.8 cm³/mol. The van der Waals surface area contributed by atoms with Crippen molar-refractivity contribution in [1.82, 2.24) is 24.3 Å². The van der Waals surface area contributed by atoms with Crippen molar-refractivity contribution in [2.24, 2.45) is 0 Å². The second-order valence-corrected chi connectivity index (χ2v) is 5.16. The average Bonchev–Trinajstić information content (AvgIpc) is 3.04. The van der Waals surface area contributed by atoms with E-state index >= 15 is 0 Å². The summed E-state index contributed by atoms with van der Waals surface area (Å²) in [5.41, 5.74) is 4.62. The Hall–Kier alpha value is -2.43. The lowest BCUT2D eigenvalue weighted by Crippen LogP contribution is -2.06. The number of fused-ring (bicyclic) bond motifs is 5. The molecule has 1 aliphatic heterocycles. The molecule has 0 saturated heterocycles. The lowest BCUT2D eigenvalue weighted by Gasteiger charge is -2.08. The van der Waals surface area contributed by atoms with E-state index in [0.717, 1.165) is 41.6 Å². The van der Waals surface area contributed by atoms with E-state index in [-0.39, 0.29) is 0 Å². The molecule has 1 aliphatic rings. The summed E-state index contributed by atoms with van der Waals surface area (Å²) in [5.74, 6) is 1.96. The van der Waals surface area contributed by atoms with Crippen molar-refractivity contribution in [2.75, 3.05) is 0 Å². The second kappa shape index (κ2) is 4.03. The van der Waals surface area contributed by atoms with Gasteiger partial charge in [0.1, 0.15) is 5.82 Å². The zero-order valence-electron chi connectivity index (χ0n) is 11.5. The van der Waals surface area contributed by atoms with Gasteiger partial charge in [-0.3, -0.25) is 0 Å². The first-order chi connectivity index (χ1) is 9.78. The van der Waals surface area contributed by atoms with Crippen molar-refractivity contribution in [3.05, 3.63) is 47.8 Å². The lowest BCUT2D eigenvalue weighted by atomic mass is 10.1. The summed E-state index contributed by atoms with van der Waals surface area (Å²) in [7, 11) is 0. The van der Waals surface area contributed by atoms with Crippen LogP contribution >= 0.6 is 0 Å². The van der Waals surface area contributed by atoms with Crippen LogP contribution in [0.1, 0.15) is 24.0 Å². The molecule has 100 valence electrons. The Balaban J connectivity index is 2.09. The highest BCUT2D eigenvalue weighted by molar-refractivity contribution is 5.70. The molecule has 3 aromatic rings. The van der Waals surface area contributed by atoms with Gasteiger partial charge in [-0.1, -0.05) is 18.6 Å². The highest BCUT2D eigenvalue weighted by atomic mass is 15.3. The van der Waals surface area contributed by atoms with Crippen molar-refractivity contribution in [1.29, 1.82) is 0 Å². The van der Waals surface area contributed by atoms with Gasteiger partial charge in [0.05, 0.1) is 30.5 Å². The van der Waals surface area contributed by atoms with Gasteiger partial charge in [-0.25, -0.2) is 4.98 Å². The minimum absolute atomic E-state index is 0.763. The van der Waals surface area contributed by atoms with E-state index in [9.17, 15) is 0 Å². The van der Waals surface area contributed by atoms with E-state index in [4.69, 9.17) is 0 Å². The second-order valence-electron chi connectivity index (χ2n) is 5.16. The monoisotopic (exact) mass is 265 g/mol. The molecule has 0 fully saturated rings. The van der Waals surface area contributed by atoms with E-state index in [1.165, 1.54) is 5.56 Å². The van der Waals surface area contributed by atoms with Gasteiger partial charge in [-0.2, -0.15) is 0 Å². The van der Waals surface area contributed by atoms with E-state index in [1.807, 2.05) is 12.5 Å². The quantitative estimate of drug-likeness (QED) is 0.531. The first-order valence-electron chi connectivity index (χ1n) is 6.82. The summed E-state index contributed by atoms with van der Waals surface area (Å²) >= 11 is 0. The molecule has 5 nitrogen and oxygen atoms in total. The molecule has 5 heteroatoms. The summed E-state index contributed by atoms with van der Waals surface area (Å²) < 4.78 is 4.34. The predicted octanol–water partition coefficient (Wildman–Crippen LogP) is 2.36. The normalized spacial score (nSPS) is 12.5. The van der Waals surface area contributed by atoms with Crippen LogP contribution in [0.15, 0.2) is 30.7 Å². The van der Waals surface area contributed by atoms with Crippen molar-refractivity contribution < 1.29 is 0 Å². The molecular weight excluding hydrogens is 250 g/mol. The van der Waals surface area contributed by atoms with Crippen LogP contribution in [0.5, 0.6) is 0 Å². The molecule has 0 spiro atoms. The molecule has 4 rings (SSSR count). The van der Waals surface area contributed by atoms with Crippen molar-refractivity contribution in [3.8, 4) is 17.1 Å². The number of benzene rings is 1.